The summed E-state index contributed by atoms with van der Waals surface area (Å²) in [6, 6.07) is 21.3. The van der Waals surface area contributed by atoms with Gasteiger partial charge in [-0.1, -0.05) is 80.6 Å². The largest absolute Gasteiger partial charge is 0.355 e. The molecule has 0 aliphatic heterocycles. The van der Waals surface area contributed by atoms with Gasteiger partial charge >= 0.3 is 0 Å². The first kappa shape index (κ1) is 29.8. The van der Waals surface area contributed by atoms with E-state index < -0.39 is 40.2 Å². The van der Waals surface area contributed by atoms with Crippen LogP contribution in [-0.4, -0.2) is 50.5 Å². The molecule has 0 saturated heterocycles. The highest BCUT2D eigenvalue weighted by atomic mass is 32.2. The molecule has 0 spiro atoms. The van der Waals surface area contributed by atoms with Crippen molar-refractivity contribution in [3.63, 3.8) is 0 Å². The van der Waals surface area contributed by atoms with E-state index in [4.69, 9.17) is 0 Å². The number of amides is 2. The van der Waals surface area contributed by atoms with Crippen LogP contribution in [0.1, 0.15) is 43.4 Å². The van der Waals surface area contributed by atoms with Gasteiger partial charge in [0.25, 0.3) is 0 Å². The first-order valence-corrected chi connectivity index (χ1v) is 14.8. The quantitative estimate of drug-likeness (QED) is 0.358. The Morgan fingerprint density at radius 2 is 1.54 bits per heavy atom. The van der Waals surface area contributed by atoms with Gasteiger partial charge in [-0.3, -0.25) is 13.9 Å². The van der Waals surface area contributed by atoms with Gasteiger partial charge in [0, 0.05) is 25.1 Å². The maximum atomic E-state index is 14.8. The molecule has 1 N–H and O–H groups in total. The monoisotopic (exact) mass is 553 g/mol. The maximum absolute atomic E-state index is 14.8. The van der Waals surface area contributed by atoms with E-state index in [9.17, 15) is 22.4 Å². The number of benzene rings is 3. The van der Waals surface area contributed by atoms with Crippen molar-refractivity contribution in [2.24, 2.45) is 0 Å². The summed E-state index contributed by atoms with van der Waals surface area (Å²) in [7, 11) is -3.89. The van der Waals surface area contributed by atoms with Crippen LogP contribution in [0, 0.1) is 5.82 Å². The molecule has 2 amide bonds. The molecule has 7 nitrogen and oxygen atoms in total. The Morgan fingerprint density at radius 3 is 2.15 bits per heavy atom. The van der Waals surface area contributed by atoms with Gasteiger partial charge in [-0.2, -0.15) is 0 Å². The van der Waals surface area contributed by atoms with Crippen molar-refractivity contribution in [3.05, 3.63) is 101 Å². The molecule has 0 aliphatic carbocycles. The lowest BCUT2D eigenvalue weighted by Crippen LogP contribution is -2.53. The smallest absolute Gasteiger partial charge is 0.244 e. The Hall–Kier alpha value is -3.72. The molecule has 0 heterocycles. The average molecular weight is 554 g/mol. The van der Waals surface area contributed by atoms with E-state index in [2.05, 4.69) is 5.32 Å². The number of nitrogens with one attached hydrogen (secondary N) is 1. The fourth-order valence-electron chi connectivity index (χ4n) is 4.45. The van der Waals surface area contributed by atoms with E-state index in [1.807, 2.05) is 56.3 Å². The molecular weight excluding hydrogens is 517 g/mol. The fraction of sp³-hybridized carbons (Fsp3) is 0.333. The van der Waals surface area contributed by atoms with Gasteiger partial charge in [0.05, 0.1) is 11.9 Å². The molecule has 3 rings (SSSR count). The third-order valence-electron chi connectivity index (χ3n) is 6.43. The normalized spacial score (nSPS) is 12.2. The lowest BCUT2D eigenvalue weighted by atomic mass is 10.0. The summed E-state index contributed by atoms with van der Waals surface area (Å²) in [5, 5.41) is 2.78. The highest BCUT2D eigenvalue weighted by Crippen LogP contribution is 2.29. The maximum Gasteiger partial charge on any atom is 0.244 e. The molecule has 0 aliphatic rings. The number of anilines is 1. The third kappa shape index (κ3) is 7.89. The number of rotatable bonds is 12. The van der Waals surface area contributed by atoms with Crippen molar-refractivity contribution in [1.29, 1.82) is 0 Å². The summed E-state index contributed by atoms with van der Waals surface area (Å²) in [6.45, 7) is 5.25. The zero-order chi connectivity index (χ0) is 28.6. The van der Waals surface area contributed by atoms with Crippen LogP contribution in [0.4, 0.5) is 10.1 Å². The van der Waals surface area contributed by atoms with Crippen molar-refractivity contribution in [2.75, 3.05) is 23.7 Å². The highest BCUT2D eigenvalue weighted by Gasteiger charge is 2.33. The molecule has 1 unspecified atom stereocenters. The Morgan fingerprint density at radius 1 is 0.923 bits per heavy atom. The number of carbonyl (C=O) groups excluding carboxylic acids is 2. The molecule has 0 fully saturated rings. The Bertz CT molecular complexity index is 1380. The highest BCUT2D eigenvalue weighted by molar-refractivity contribution is 7.92. The van der Waals surface area contributed by atoms with Gasteiger partial charge in [0.15, 0.2) is 0 Å². The molecule has 208 valence electrons. The molecule has 3 aromatic rings. The van der Waals surface area contributed by atoms with Crippen LogP contribution < -0.4 is 9.62 Å². The average Bonchev–Trinajstić information content (AvgIpc) is 2.90. The fourth-order valence-corrected chi connectivity index (χ4v) is 5.32. The van der Waals surface area contributed by atoms with Crippen molar-refractivity contribution in [1.82, 2.24) is 10.2 Å². The van der Waals surface area contributed by atoms with Gasteiger partial charge in [0.2, 0.25) is 21.8 Å². The predicted octanol–water partition coefficient (Wildman–Crippen LogP) is 4.49. The third-order valence-corrected chi connectivity index (χ3v) is 7.55. The number of likely N-dealkylation sites (N-methyl/N-ethyl adjacent to an activating group) is 1. The van der Waals surface area contributed by atoms with E-state index >= 15 is 0 Å². The number of sulfonamides is 1. The van der Waals surface area contributed by atoms with E-state index in [0.717, 1.165) is 21.7 Å². The van der Waals surface area contributed by atoms with Crippen LogP contribution in [0.15, 0.2) is 78.9 Å². The van der Waals surface area contributed by atoms with Crippen molar-refractivity contribution in [2.45, 2.75) is 45.7 Å². The molecular formula is C30H36FN3O4S. The van der Waals surface area contributed by atoms with Crippen LogP contribution in [0.2, 0.25) is 0 Å². The second-order valence-electron chi connectivity index (χ2n) is 9.70. The second kappa shape index (κ2) is 13.4. The molecule has 0 bridgehead atoms. The van der Waals surface area contributed by atoms with Gasteiger partial charge < -0.3 is 10.2 Å². The second-order valence-corrected chi connectivity index (χ2v) is 11.6. The minimum atomic E-state index is -3.89. The van der Waals surface area contributed by atoms with Gasteiger partial charge in [-0.25, -0.2) is 12.8 Å². The molecule has 39 heavy (non-hydrogen) atoms. The van der Waals surface area contributed by atoms with Gasteiger partial charge in [-0.15, -0.1) is 0 Å². The molecule has 9 heteroatoms. The van der Waals surface area contributed by atoms with E-state index in [-0.39, 0.29) is 24.4 Å². The number of hydrogen-bond acceptors (Lipinski definition) is 4. The van der Waals surface area contributed by atoms with Crippen LogP contribution in [0.3, 0.4) is 0 Å². The zero-order valence-electron chi connectivity index (χ0n) is 22.8. The van der Waals surface area contributed by atoms with Crippen LogP contribution in [0.25, 0.3) is 0 Å². The number of nitrogens with zero attached hydrogens (tertiary/aromatic N) is 2. The standard InChI is InChI=1S/C30H36FN3O4S/c1-5-32-30(36)28(19-23-13-7-6-8-14-23)33(20-24-15-9-11-17-26(24)31)29(35)21-34(39(4,37)38)27-18-12-10-16-25(27)22(2)3/h6-18,22,28H,5,19-21H2,1-4H3,(H,32,36). The van der Waals surface area contributed by atoms with Crippen molar-refractivity contribution < 1.29 is 22.4 Å². The first-order valence-electron chi connectivity index (χ1n) is 12.9. The Balaban J connectivity index is 2.09. The van der Waals surface area contributed by atoms with E-state index in [0.29, 0.717) is 12.2 Å². The van der Waals surface area contributed by atoms with Crippen molar-refractivity contribution >= 4 is 27.5 Å². The molecule has 0 saturated carbocycles. The minimum Gasteiger partial charge on any atom is -0.355 e. The predicted molar refractivity (Wildman–Crippen MR) is 152 cm³/mol. The summed E-state index contributed by atoms with van der Waals surface area (Å²) < 4.78 is 41.8. The molecule has 3 aromatic carbocycles. The summed E-state index contributed by atoms with van der Waals surface area (Å²) >= 11 is 0. The Kier molecular flexibility index (Phi) is 10.2. The van der Waals surface area contributed by atoms with Crippen LogP contribution >= 0.6 is 0 Å². The molecule has 0 aromatic heterocycles. The van der Waals surface area contributed by atoms with Crippen LogP contribution in [-0.2, 0) is 32.6 Å². The lowest BCUT2D eigenvalue weighted by molar-refractivity contribution is -0.140. The number of hydrogen-bond donors (Lipinski definition) is 1. The van der Waals surface area contributed by atoms with Crippen LogP contribution in [0.5, 0.6) is 0 Å². The molecule has 1 atom stereocenters. The number of para-hydroxylation sites is 1. The van der Waals surface area contributed by atoms with E-state index in [1.165, 1.54) is 11.0 Å². The summed E-state index contributed by atoms with van der Waals surface area (Å²) in [6.07, 6.45) is 1.22. The number of halogens is 1. The lowest BCUT2D eigenvalue weighted by Gasteiger charge is -2.34. The SMILES string of the molecule is CCNC(=O)C(Cc1ccccc1)N(Cc1ccccc1F)C(=O)CN(c1ccccc1C(C)C)S(C)(=O)=O. The topological polar surface area (TPSA) is 86.8 Å². The first-order chi connectivity index (χ1) is 18.5. The zero-order valence-corrected chi connectivity index (χ0v) is 23.6. The Labute approximate surface area is 230 Å². The summed E-state index contributed by atoms with van der Waals surface area (Å²) in [5.74, 6) is -1.54. The van der Waals surface area contributed by atoms with Gasteiger partial charge in [0.1, 0.15) is 18.4 Å². The minimum absolute atomic E-state index is 0.00349. The summed E-state index contributed by atoms with van der Waals surface area (Å²) in [4.78, 5) is 28.6. The molecule has 0 radical (unpaired) electrons. The number of carbonyl (C=O) groups is 2. The van der Waals surface area contributed by atoms with Gasteiger partial charge in [-0.05, 0) is 36.1 Å². The van der Waals surface area contributed by atoms with Crippen molar-refractivity contribution in [3.8, 4) is 0 Å². The van der Waals surface area contributed by atoms with E-state index in [1.54, 1.807) is 37.3 Å². The summed E-state index contributed by atoms with van der Waals surface area (Å²) in [5.41, 5.74) is 2.19.